The zero-order valence-corrected chi connectivity index (χ0v) is 11.0. The summed E-state index contributed by atoms with van der Waals surface area (Å²) >= 11 is 5.82. The molecule has 1 atom stereocenters. The van der Waals surface area contributed by atoms with E-state index in [9.17, 15) is 0 Å². The van der Waals surface area contributed by atoms with Gasteiger partial charge < -0.3 is 10.1 Å². The molecule has 94 valence electrons. The topological polar surface area (TPSA) is 47.0 Å². The lowest BCUT2D eigenvalue weighted by Crippen LogP contribution is -2.08. The van der Waals surface area contributed by atoms with E-state index in [-0.39, 0.29) is 11.2 Å². The first-order valence-corrected chi connectivity index (χ1v) is 5.97. The Bertz CT molecular complexity index is 519. The number of nitrogens with zero attached hydrogens (tertiary/aromatic N) is 2. The SMILES string of the molecule is COc1cc(N[C@@H](C)c2ccccc2)nnc1Cl. The summed E-state index contributed by atoms with van der Waals surface area (Å²) in [6.07, 6.45) is 0. The molecule has 1 heterocycles. The molecule has 0 saturated heterocycles. The zero-order chi connectivity index (χ0) is 13.0. The van der Waals surface area contributed by atoms with Crippen LogP contribution in [0.1, 0.15) is 18.5 Å². The van der Waals surface area contributed by atoms with Crippen LogP contribution < -0.4 is 10.1 Å². The fourth-order valence-electron chi connectivity index (χ4n) is 1.62. The van der Waals surface area contributed by atoms with Crippen LogP contribution in [-0.4, -0.2) is 17.3 Å². The van der Waals surface area contributed by atoms with Gasteiger partial charge in [-0.15, -0.1) is 10.2 Å². The Labute approximate surface area is 111 Å². The second-order valence-electron chi connectivity index (χ2n) is 3.87. The van der Waals surface area contributed by atoms with E-state index in [2.05, 4.69) is 34.6 Å². The Morgan fingerprint density at radius 1 is 1.22 bits per heavy atom. The minimum atomic E-state index is 0.131. The van der Waals surface area contributed by atoms with Gasteiger partial charge in [0.1, 0.15) is 0 Å². The van der Waals surface area contributed by atoms with E-state index in [1.807, 2.05) is 18.2 Å². The van der Waals surface area contributed by atoms with E-state index in [0.29, 0.717) is 11.6 Å². The fourth-order valence-corrected chi connectivity index (χ4v) is 1.79. The monoisotopic (exact) mass is 263 g/mol. The van der Waals surface area contributed by atoms with Gasteiger partial charge in [-0.3, -0.25) is 0 Å². The quantitative estimate of drug-likeness (QED) is 0.919. The molecule has 1 aromatic heterocycles. The Morgan fingerprint density at radius 3 is 2.61 bits per heavy atom. The van der Waals surface area contributed by atoms with Gasteiger partial charge >= 0.3 is 0 Å². The Morgan fingerprint density at radius 2 is 1.94 bits per heavy atom. The molecule has 0 aliphatic carbocycles. The minimum Gasteiger partial charge on any atom is -0.493 e. The number of halogens is 1. The maximum Gasteiger partial charge on any atom is 0.193 e. The fraction of sp³-hybridized carbons (Fsp3) is 0.231. The van der Waals surface area contributed by atoms with Crippen LogP contribution >= 0.6 is 11.6 Å². The first-order valence-electron chi connectivity index (χ1n) is 5.59. The van der Waals surface area contributed by atoms with Crippen molar-refractivity contribution in [1.29, 1.82) is 0 Å². The molecule has 0 bridgehead atoms. The number of benzene rings is 1. The van der Waals surface area contributed by atoms with Gasteiger partial charge in [0.25, 0.3) is 0 Å². The van der Waals surface area contributed by atoms with Crippen LogP contribution in [0.15, 0.2) is 36.4 Å². The average molecular weight is 264 g/mol. The van der Waals surface area contributed by atoms with Crippen LogP contribution in [0.3, 0.4) is 0 Å². The van der Waals surface area contributed by atoms with Gasteiger partial charge in [0.2, 0.25) is 0 Å². The summed E-state index contributed by atoms with van der Waals surface area (Å²) in [5, 5.41) is 11.3. The van der Waals surface area contributed by atoms with Crippen LogP contribution in [0.5, 0.6) is 5.75 Å². The van der Waals surface area contributed by atoms with Crippen molar-refractivity contribution in [3.63, 3.8) is 0 Å². The van der Waals surface area contributed by atoms with E-state index >= 15 is 0 Å². The molecule has 1 aromatic carbocycles. The smallest absolute Gasteiger partial charge is 0.193 e. The van der Waals surface area contributed by atoms with Crippen molar-refractivity contribution in [2.24, 2.45) is 0 Å². The number of ether oxygens (including phenoxy) is 1. The lowest BCUT2D eigenvalue weighted by atomic mass is 10.1. The molecule has 2 aromatic rings. The van der Waals surface area contributed by atoms with Crippen molar-refractivity contribution in [3.05, 3.63) is 47.1 Å². The van der Waals surface area contributed by atoms with Gasteiger partial charge in [-0.05, 0) is 12.5 Å². The number of hydrogen-bond donors (Lipinski definition) is 1. The van der Waals surface area contributed by atoms with Gasteiger partial charge in [0.15, 0.2) is 16.7 Å². The molecule has 0 aliphatic rings. The van der Waals surface area contributed by atoms with Crippen molar-refractivity contribution < 1.29 is 4.74 Å². The third-order valence-electron chi connectivity index (χ3n) is 2.60. The number of aromatic nitrogens is 2. The van der Waals surface area contributed by atoms with Crippen LogP contribution in [0.25, 0.3) is 0 Å². The molecule has 0 saturated carbocycles. The molecule has 0 radical (unpaired) electrons. The third-order valence-corrected chi connectivity index (χ3v) is 2.86. The lowest BCUT2D eigenvalue weighted by molar-refractivity contribution is 0.412. The molecular weight excluding hydrogens is 250 g/mol. The highest BCUT2D eigenvalue weighted by Gasteiger charge is 2.09. The largest absolute Gasteiger partial charge is 0.493 e. The number of hydrogen-bond acceptors (Lipinski definition) is 4. The van der Waals surface area contributed by atoms with E-state index in [0.717, 1.165) is 0 Å². The molecule has 0 unspecified atom stereocenters. The molecule has 5 heteroatoms. The third kappa shape index (κ3) is 2.90. The summed E-state index contributed by atoms with van der Waals surface area (Å²) in [5.74, 6) is 1.14. The van der Waals surface area contributed by atoms with Gasteiger partial charge in [-0.2, -0.15) is 0 Å². The highest BCUT2D eigenvalue weighted by Crippen LogP contribution is 2.25. The van der Waals surface area contributed by atoms with Crippen molar-refractivity contribution in [2.45, 2.75) is 13.0 Å². The number of rotatable bonds is 4. The van der Waals surface area contributed by atoms with Crippen molar-refractivity contribution >= 4 is 17.4 Å². The predicted molar refractivity (Wildman–Crippen MR) is 72.1 cm³/mol. The summed E-state index contributed by atoms with van der Waals surface area (Å²) in [4.78, 5) is 0. The summed E-state index contributed by atoms with van der Waals surface area (Å²) in [6.45, 7) is 2.05. The summed E-state index contributed by atoms with van der Waals surface area (Å²) < 4.78 is 5.10. The first-order chi connectivity index (χ1) is 8.70. The predicted octanol–water partition coefficient (Wildman–Crippen LogP) is 3.31. The maximum absolute atomic E-state index is 5.82. The molecule has 2 rings (SSSR count). The van der Waals surface area contributed by atoms with Crippen molar-refractivity contribution in [2.75, 3.05) is 12.4 Å². The van der Waals surface area contributed by atoms with E-state index in [4.69, 9.17) is 16.3 Å². The first kappa shape index (κ1) is 12.6. The molecular formula is C13H14ClN3O. The second kappa shape index (κ2) is 5.69. The summed E-state index contributed by atoms with van der Waals surface area (Å²) in [5.41, 5.74) is 1.17. The molecule has 4 nitrogen and oxygen atoms in total. The highest BCUT2D eigenvalue weighted by atomic mass is 35.5. The number of nitrogens with one attached hydrogen (secondary N) is 1. The normalized spacial score (nSPS) is 11.9. The Hall–Kier alpha value is -1.81. The van der Waals surface area contributed by atoms with Crippen LogP contribution in [0.2, 0.25) is 5.15 Å². The average Bonchev–Trinajstić information content (AvgIpc) is 2.42. The Kier molecular flexibility index (Phi) is 3.99. The summed E-state index contributed by atoms with van der Waals surface area (Å²) in [6, 6.07) is 12.0. The van der Waals surface area contributed by atoms with Crippen LogP contribution in [0.4, 0.5) is 5.82 Å². The minimum absolute atomic E-state index is 0.131. The lowest BCUT2D eigenvalue weighted by Gasteiger charge is -2.15. The number of methoxy groups -OCH3 is 1. The molecule has 0 spiro atoms. The van der Waals surface area contributed by atoms with E-state index < -0.39 is 0 Å². The zero-order valence-electron chi connectivity index (χ0n) is 10.2. The molecule has 0 fully saturated rings. The highest BCUT2D eigenvalue weighted by molar-refractivity contribution is 6.30. The molecule has 18 heavy (non-hydrogen) atoms. The second-order valence-corrected chi connectivity index (χ2v) is 4.22. The maximum atomic E-state index is 5.82. The summed E-state index contributed by atoms with van der Waals surface area (Å²) in [7, 11) is 1.55. The van der Waals surface area contributed by atoms with Crippen molar-refractivity contribution in [1.82, 2.24) is 10.2 Å². The number of anilines is 1. The van der Waals surface area contributed by atoms with Crippen LogP contribution in [0, 0.1) is 0 Å². The Balaban J connectivity index is 2.14. The van der Waals surface area contributed by atoms with Crippen molar-refractivity contribution in [3.8, 4) is 5.75 Å². The van der Waals surface area contributed by atoms with Gasteiger partial charge in [-0.1, -0.05) is 41.9 Å². The van der Waals surface area contributed by atoms with Gasteiger partial charge in [0, 0.05) is 6.07 Å². The van der Waals surface area contributed by atoms with Gasteiger partial charge in [-0.25, -0.2) is 0 Å². The van der Waals surface area contributed by atoms with E-state index in [1.165, 1.54) is 5.56 Å². The molecule has 0 aliphatic heterocycles. The standard InChI is InChI=1S/C13H14ClN3O/c1-9(10-6-4-3-5-7-10)15-12-8-11(18-2)13(14)17-16-12/h3-9H,1-2H3,(H,15,16)/t9-/m0/s1. The molecule has 0 amide bonds. The van der Waals surface area contributed by atoms with E-state index in [1.54, 1.807) is 13.2 Å². The molecule has 1 N–H and O–H groups in total. The van der Waals surface area contributed by atoms with Gasteiger partial charge in [0.05, 0.1) is 13.2 Å². The van der Waals surface area contributed by atoms with Crippen LogP contribution in [-0.2, 0) is 0 Å².